The minimum absolute atomic E-state index is 0.0557. The molecule has 1 aliphatic carbocycles. The third-order valence-electron chi connectivity index (χ3n) is 3.96. The van der Waals surface area contributed by atoms with Gasteiger partial charge < -0.3 is 5.73 Å². The maximum atomic E-state index is 6.44. The van der Waals surface area contributed by atoms with E-state index in [1.165, 1.54) is 30.4 Å². The van der Waals surface area contributed by atoms with Crippen molar-refractivity contribution in [2.75, 3.05) is 0 Å². The molecule has 94 valence electrons. The normalized spacial score (nSPS) is 20.4. The van der Waals surface area contributed by atoms with Crippen LogP contribution in [-0.4, -0.2) is 9.78 Å². The number of aromatic nitrogens is 2. The Morgan fingerprint density at radius 3 is 3.00 bits per heavy atom. The highest BCUT2D eigenvalue weighted by molar-refractivity contribution is 5.35. The predicted octanol–water partition coefficient (Wildman–Crippen LogP) is 2.54. The highest BCUT2D eigenvalue weighted by Crippen LogP contribution is 2.38. The maximum Gasteiger partial charge on any atom is 0.0537 e. The van der Waals surface area contributed by atoms with Gasteiger partial charge in [0.05, 0.1) is 6.20 Å². The van der Waals surface area contributed by atoms with E-state index >= 15 is 0 Å². The van der Waals surface area contributed by atoms with Gasteiger partial charge >= 0.3 is 0 Å². The van der Waals surface area contributed by atoms with Crippen LogP contribution in [0.1, 0.15) is 41.5 Å². The molecule has 3 rings (SSSR count). The number of benzene rings is 1. The van der Waals surface area contributed by atoms with Crippen LogP contribution in [0.4, 0.5) is 0 Å². The molecule has 1 aromatic carbocycles. The van der Waals surface area contributed by atoms with E-state index < -0.39 is 0 Å². The third-order valence-corrected chi connectivity index (χ3v) is 3.96. The minimum Gasteiger partial charge on any atom is -0.323 e. The molecule has 2 N–H and O–H groups in total. The Bertz CT molecular complexity index is 544. The van der Waals surface area contributed by atoms with Gasteiger partial charge in [-0.25, -0.2) is 0 Å². The number of rotatable bonds is 2. The van der Waals surface area contributed by atoms with E-state index in [0.29, 0.717) is 5.92 Å². The minimum atomic E-state index is 0.0557. The van der Waals surface area contributed by atoms with Gasteiger partial charge in [-0.05, 0) is 30.4 Å². The van der Waals surface area contributed by atoms with Gasteiger partial charge in [0.15, 0.2) is 0 Å². The molecule has 2 unspecified atom stereocenters. The Labute approximate surface area is 108 Å². The molecule has 1 heterocycles. The van der Waals surface area contributed by atoms with E-state index in [2.05, 4.69) is 29.4 Å². The summed E-state index contributed by atoms with van der Waals surface area (Å²) in [5.74, 6) is 0.430. The lowest BCUT2D eigenvalue weighted by Crippen LogP contribution is -2.23. The van der Waals surface area contributed by atoms with Crippen molar-refractivity contribution in [1.29, 1.82) is 0 Å². The van der Waals surface area contributed by atoms with E-state index in [9.17, 15) is 0 Å². The highest BCUT2D eigenvalue weighted by Gasteiger charge is 2.26. The fraction of sp³-hybridized carbons (Fsp3) is 0.400. The van der Waals surface area contributed by atoms with Gasteiger partial charge in [-0.1, -0.05) is 24.3 Å². The molecule has 0 amide bonds. The number of hydrogen-bond donors (Lipinski definition) is 1. The topological polar surface area (TPSA) is 43.8 Å². The van der Waals surface area contributed by atoms with Crippen LogP contribution < -0.4 is 5.73 Å². The molecule has 3 nitrogen and oxygen atoms in total. The molecule has 0 bridgehead atoms. The van der Waals surface area contributed by atoms with Gasteiger partial charge in [-0.15, -0.1) is 0 Å². The van der Waals surface area contributed by atoms with Crippen molar-refractivity contribution in [3.8, 4) is 0 Å². The molecule has 2 aromatic rings. The third kappa shape index (κ3) is 1.95. The van der Waals surface area contributed by atoms with Crippen molar-refractivity contribution >= 4 is 0 Å². The largest absolute Gasteiger partial charge is 0.323 e. The highest BCUT2D eigenvalue weighted by atomic mass is 15.2. The zero-order chi connectivity index (χ0) is 12.5. The van der Waals surface area contributed by atoms with E-state index in [4.69, 9.17) is 5.73 Å². The summed E-state index contributed by atoms with van der Waals surface area (Å²) in [4.78, 5) is 0. The van der Waals surface area contributed by atoms with E-state index in [0.717, 1.165) is 5.56 Å². The maximum absolute atomic E-state index is 6.44. The van der Waals surface area contributed by atoms with Gasteiger partial charge in [-0.2, -0.15) is 5.10 Å². The number of nitrogens with two attached hydrogens (primary N) is 1. The summed E-state index contributed by atoms with van der Waals surface area (Å²) in [6.45, 7) is 0. The molecule has 1 aromatic heterocycles. The van der Waals surface area contributed by atoms with Crippen molar-refractivity contribution in [3.63, 3.8) is 0 Å². The van der Waals surface area contributed by atoms with Crippen LogP contribution in [0.5, 0.6) is 0 Å². The van der Waals surface area contributed by atoms with Gasteiger partial charge in [0, 0.05) is 30.8 Å². The average molecular weight is 241 g/mol. The molecule has 18 heavy (non-hydrogen) atoms. The summed E-state index contributed by atoms with van der Waals surface area (Å²) in [6, 6.07) is 8.76. The predicted molar refractivity (Wildman–Crippen MR) is 72.3 cm³/mol. The standard InChI is InChI=1S/C15H19N3/c1-18-10-12(9-17-18)15(16)14-8-4-6-11-5-2-3-7-13(11)14/h2-3,5,7,9-10,14-15H,4,6,8,16H2,1H3. The first-order valence-corrected chi connectivity index (χ1v) is 6.57. The van der Waals surface area contributed by atoms with Gasteiger partial charge in [-0.3, -0.25) is 4.68 Å². The van der Waals surface area contributed by atoms with Crippen LogP contribution in [0, 0.1) is 0 Å². The Morgan fingerprint density at radius 2 is 2.22 bits per heavy atom. The zero-order valence-electron chi connectivity index (χ0n) is 10.7. The molecule has 3 heteroatoms. The second-order valence-electron chi connectivity index (χ2n) is 5.17. The summed E-state index contributed by atoms with van der Waals surface area (Å²) in [5.41, 5.74) is 10.5. The second kappa shape index (κ2) is 4.58. The van der Waals surface area contributed by atoms with Crippen LogP contribution in [0.25, 0.3) is 0 Å². The lowest BCUT2D eigenvalue weighted by Gasteiger charge is -2.29. The smallest absolute Gasteiger partial charge is 0.0537 e. The Morgan fingerprint density at radius 1 is 1.39 bits per heavy atom. The first-order valence-electron chi connectivity index (χ1n) is 6.57. The fourth-order valence-electron chi connectivity index (χ4n) is 3.01. The molecule has 0 aliphatic heterocycles. The number of aryl methyl sites for hydroxylation is 2. The average Bonchev–Trinajstić information content (AvgIpc) is 2.84. The molecular formula is C15H19N3. The van der Waals surface area contributed by atoms with Gasteiger partial charge in [0.1, 0.15) is 0 Å². The second-order valence-corrected chi connectivity index (χ2v) is 5.17. The summed E-state index contributed by atoms with van der Waals surface area (Å²) >= 11 is 0. The van der Waals surface area contributed by atoms with Crippen LogP contribution in [-0.2, 0) is 13.5 Å². The van der Waals surface area contributed by atoms with Crippen molar-refractivity contribution in [2.24, 2.45) is 12.8 Å². The Kier molecular flexibility index (Phi) is 2.92. The summed E-state index contributed by atoms with van der Waals surface area (Å²) < 4.78 is 1.82. The van der Waals surface area contributed by atoms with Crippen LogP contribution in [0.15, 0.2) is 36.7 Å². The first-order chi connectivity index (χ1) is 8.75. The Balaban J connectivity index is 1.94. The van der Waals surface area contributed by atoms with Gasteiger partial charge in [0.25, 0.3) is 0 Å². The molecule has 0 saturated heterocycles. The Hall–Kier alpha value is -1.61. The van der Waals surface area contributed by atoms with Gasteiger partial charge in [0.2, 0.25) is 0 Å². The molecule has 0 radical (unpaired) electrons. The molecule has 2 atom stereocenters. The first kappa shape index (κ1) is 11.5. The molecular weight excluding hydrogens is 222 g/mol. The summed E-state index contributed by atoms with van der Waals surface area (Å²) in [5, 5.41) is 4.23. The van der Waals surface area contributed by atoms with Crippen LogP contribution in [0.3, 0.4) is 0 Å². The number of hydrogen-bond acceptors (Lipinski definition) is 2. The number of nitrogens with zero attached hydrogens (tertiary/aromatic N) is 2. The van der Waals surface area contributed by atoms with E-state index in [1.54, 1.807) is 0 Å². The van der Waals surface area contributed by atoms with Crippen LogP contribution in [0.2, 0.25) is 0 Å². The van der Waals surface area contributed by atoms with E-state index in [-0.39, 0.29) is 6.04 Å². The molecule has 0 fully saturated rings. The fourth-order valence-corrected chi connectivity index (χ4v) is 3.01. The monoisotopic (exact) mass is 241 g/mol. The quantitative estimate of drug-likeness (QED) is 0.878. The summed E-state index contributed by atoms with van der Waals surface area (Å²) in [6.07, 6.45) is 7.51. The number of fused-ring (bicyclic) bond motifs is 1. The lowest BCUT2D eigenvalue weighted by molar-refractivity contribution is 0.474. The SMILES string of the molecule is Cn1cc(C(N)C2CCCc3ccccc32)cn1. The van der Waals surface area contributed by atoms with Crippen molar-refractivity contribution < 1.29 is 0 Å². The van der Waals surface area contributed by atoms with Crippen molar-refractivity contribution in [1.82, 2.24) is 9.78 Å². The summed E-state index contributed by atoms with van der Waals surface area (Å²) in [7, 11) is 1.94. The zero-order valence-corrected chi connectivity index (χ0v) is 10.7. The molecule has 0 saturated carbocycles. The molecule has 0 spiro atoms. The lowest BCUT2D eigenvalue weighted by atomic mass is 9.77. The van der Waals surface area contributed by atoms with Crippen LogP contribution >= 0.6 is 0 Å². The van der Waals surface area contributed by atoms with E-state index in [1.807, 2.05) is 24.1 Å². The van der Waals surface area contributed by atoms with Crippen molar-refractivity contribution in [2.45, 2.75) is 31.2 Å². The van der Waals surface area contributed by atoms with Crippen molar-refractivity contribution in [3.05, 3.63) is 53.3 Å². The molecule has 1 aliphatic rings.